The van der Waals surface area contributed by atoms with Gasteiger partial charge in [0.25, 0.3) is 5.56 Å². The zero-order chi connectivity index (χ0) is 20.5. The van der Waals surface area contributed by atoms with Gasteiger partial charge in [0.05, 0.1) is 17.8 Å². The molecule has 0 aliphatic carbocycles. The molecule has 0 bridgehead atoms. The van der Waals surface area contributed by atoms with Crippen molar-refractivity contribution in [2.24, 2.45) is 5.92 Å². The van der Waals surface area contributed by atoms with E-state index in [2.05, 4.69) is 16.4 Å². The summed E-state index contributed by atoms with van der Waals surface area (Å²) in [6.07, 6.45) is 1.37. The molecular weight excluding hydrogens is 396 g/mol. The van der Waals surface area contributed by atoms with Gasteiger partial charge in [-0.25, -0.2) is 4.98 Å². The van der Waals surface area contributed by atoms with Crippen molar-refractivity contribution in [2.45, 2.75) is 32.9 Å². The average Bonchev–Trinajstić information content (AvgIpc) is 3.09. The number of thiophene rings is 1. The van der Waals surface area contributed by atoms with Gasteiger partial charge in [-0.2, -0.15) is 5.26 Å². The number of aromatic nitrogens is 2. The molecule has 0 saturated carbocycles. The van der Waals surface area contributed by atoms with E-state index in [1.165, 1.54) is 22.2 Å². The van der Waals surface area contributed by atoms with Crippen molar-refractivity contribution in [3.63, 3.8) is 0 Å². The standard InChI is InChI=1S/C20H19ClN4O2S/c1-12(2)20(3,10-22)24-16(26)8-25-11-23-18-17(19(25)27)15(9-28-18)13-4-6-14(21)7-5-13/h4-7,9,11-12H,8H2,1-3H3,(H,24,26)/t20-/m1/s1. The van der Waals surface area contributed by atoms with E-state index in [0.717, 1.165) is 11.1 Å². The van der Waals surface area contributed by atoms with Gasteiger partial charge in [0, 0.05) is 16.0 Å². The third-order valence-corrected chi connectivity index (χ3v) is 5.95. The number of hydrogen-bond acceptors (Lipinski definition) is 5. The van der Waals surface area contributed by atoms with E-state index >= 15 is 0 Å². The fourth-order valence-corrected chi connectivity index (χ4v) is 3.74. The van der Waals surface area contributed by atoms with Crippen LogP contribution in [-0.4, -0.2) is 21.0 Å². The number of rotatable bonds is 5. The Morgan fingerprint density at radius 1 is 1.39 bits per heavy atom. The second kappa shape index (κ2) is 7.74. The quantitative estimate of drug-likeness (QED) is 0.687. The molecule has 1 amide bonds. The minimum atomic E-state index is -1.00. The molecule has 28 heavy (non-hydrogen) atoms. The molecule has 0 saturated heterocycles. The first-order valence-corrected chi connectivity index (χ1v) is 9.96. The maximum Gasteiger partial charge on any atom is 0.263 e. The minimum Gasteiger partial charge on any atom is -0.336 e. The summed E-state index contributed by atoms with van der Waals surface area (Å²) in [4.78, 5) is 30.4. The number of carbonyl (C=O) groups excluding carboxylic acids is 1. The normalized spacial score (nSPS) is 13.3. The van der Waals surface area contributed by atoms with Gasteiger partial charge in [-0.3, -0.25) is 14.2 Å². The number of nitriles is 1. The highest BCUT2D eigenvalue weighted by atomic mass is 35.5. The summed E-state index contributed by atoms with van der Waals surface area (Å²) in [6, 6.07) is 9.33. The van der Waals surface area contributed by atoms with Crippen LogP contribution in [0.4, 0.5) is 0 Å². The molecule has 1 aromatic carbocycles. The molecule has 0 aliphatic rings. The van der Waals surface area contributed by atoms with Gasteiger partial charge < -0.3 is 5.32 Å². The summed E-state index contributed by atoms with van der Waals surface area (Å²) in [5, 5.41) is 15.0. The number of nitrogens with one attached hydrogen (secondary N) is 1. The van der Waals surface area contributed by atoms with Crippen molar-refractivity contribution in [3.05, 3.63) is 51.3 Å². The van der Waals surface area contributed by atoms with Crippen molar-refractivity contribution >= 4 is 39.1 Å². The molecular formula is C20H19ClN4O2S. The SMILES string of the molecule is CC(C)[C@@](C)(C#N)NC(=O)Cn1cnc2scc(-c3ccc(Cl)cc3)c2c1=O. The van der Waals surface area contributed by atoms with Gasteiger partial charge >= 0.3 is 0 Å². The summed E-state index contributed by atoms with van der Waals surface area (Å²) < 4.78 is 1.27. The predicted molar refractivity (Wildman–Crippen MR) is 111 cm³/mol. The number of halogens is 1. The van der Waals surface area contributed by atoms with E-state index in [9.17, 15) is 14.9 Å². The van der Waals surface area contributed by atoms with Crippen LogP contribution in [-0.2, 0) is 11.3 Å². The van der Waals surface area contributed by atoms with Gasteiger partial charge in [-0.15, -0.1) is 11.3 Å². The Hall–Kier alpha value is -2.69. The van der Waals surface area contributed by atoms with Crippen LogP contribution in [0, 0.1) is 17.2 Å². The third kappa shape index (κ3) is 3.79. The van der Waals surface area contributed by atoms with Gasteiger partial charge in [-0.05, 0) is 30.5 Å². The number of fused-ring (bicyclic) bond motifs is 1. The Morgan fingerprint density at radius 3 is 2.68 bits per heavy atom. The maximum atomic E-state index is 13.0. The largest absolute Gasteiger partial charge is 0.336 e. The van der Waals surface area contributed by atoms with Gasteiger partial charge in [0.15, 0.2) is 0 Å². The van der Waals surface area contributed by atoms with Crippen LogP contribution in [0.3, 0.4) is 0 Å². The number of carbonyl (C=O) groups is 1. The molecule has 3 aromatic rings. The van der Waals surface area contributed by atoms with Gasteiger partial charge in [0.2, 0.25) is 5.91 Å². The summed E-state index contributed by atoms with van der Waals surface area (Å²) in [7, 11) is 0. The number of amides is 1. The highest BCUT2D eigenvalue weighted by Crippen LogP contribution is 2.31. The summed E-state index contributed by atoms with van der Waals surface area (Å²) in [5.74, 6) is -0.489. The first kappa shape index (κ1) is 20.1. The lowest BCUT2D eigenvalue weighted by Crippen LogP contribution is -2.50. The molecule has 8 heteroatoms. The van der Waals surface area contributed by atoms with Crippen LogP contribution in [0.2, 0.25) is 5.02 Å². The monoisotopic (exact) mass is 414 g/mol. The minimum absolute atomic E-state index is 0.0767. The first-order chi connectivity index (χ1) is 13.2. The second-order valence-corrected chi connectivity index (χ2v) is 8.33. The maximum absolute atomic E-state index is 13.0. The van der Waals surface area contributed by atoms with Crippen molar-refractivity contribution in [3.8, 4) is 17.2 Å². The molecule has 3 rings (SSSR count). The molecule has 0 unspecified atom stereocenters. The van der Waals surface area contributed by atoms with E-state index in [1.54, 1.807) is 19.1 Å². The highest BCUT2D eigenvalue weighted by molar-refractivity contribution is 7.17. The van der Waals surface area contributed by atoms with E-state index < -0.39 is 11.4 Å². The Balaban J connectivity index is 1.96. The Morgan fingerprint density at radius 2 is 2.07 bits per heavy atom. The average molecular weight is 415 g/mol. The lowest BCUT2D eigenvalue weighted by atomic mass is 9.90. The van der Waals surface area contributed by atoms with E-state index in [4.69, 9.17) is 11.6 Å². The van der Waals surface area contributed by atoms with Crippen LogP contribution in [0.1, 0.15) is 20.8 Å². The van der Waals surface area contributed by atoms with Gasteiger partial charge in [-0.1, -0.05) is 37.6 Å². The lowest BCUT2D eigenvalue weighted by Gasteiger charge is -2.27. The van der Waals surface area contributed by atoms with Crippen molar-refractivity contribution < 1.29 is 4.79 Å². The van der Waals surface area contributed by atoms with Crippen molar-refractivity contribution in [1.82, 2.24) is 14.9 Å². The molecule has 0 spiro atoms. The smallest absolute Gasteiger partial charge is 0.263 e. The molecule has 144 valence electrons. The fraction of sp³-hybridized carbons (Fsp3) is 0.300. The molecule has 1 N–H and O–H groups in total. The summed E-state index contributed by atoms with van der Waals surface area (Å²) in [5.41, 5.74) is 0.311. The Bertz CT molecular complexity index is 1130. The molecule has 6 nitrogen and oxygen atoms in total. The lowest BCUT2D eigenvalue weighted by molar-refractivity contribution is -0.123. The first-order valence-electron chi connectivity index (χ1n) is 8.70. The summed E-state index contributed by atoms with van der Waals surface area (Å²) in [6.45, 7) is 5.17. The van der Waals surface area contributed by atoms with Crippen LogP contribution >= 0.6 is 22.9 Å². The van der Waals surface area contributed by atoms with Crippen LogP contribution in [0.5, 0.6) is 0 Å². The third-order valence-electron chi connectivity index (χ3n) is 4.82. The predicted octanol–water partition coefficient (Wildman–Crippen LogP) is 3.83. The fourth-order valence-electron chi connectivity index (χ4n) is 2.71. The Kier molecular flexibility index (Phi) is 5.54. The summed E-state index contributed by atoms with van der Waals surface area (Å²) >= 11 is 7.32. The molecule has 0 aliphatic heterocycles. The number of benzene rings is 1. The molecule has 0 radical (unpaired) electrons. The zero-order valence-electron chi connectivity index (χ0n) is 15.7. The van der Waals surface area contributed by atoms with E-state index in [1.807, 2.05) is 31.4 Å². The zero-order valence-corrected chi connectivity index (χ0v) is 17.3. The number of nitrogens with zero attached hydrogens (tertiary/aromatic N) is 3. The van der Waals surface area contributed by atoms with Crippen molar-refractivity contribution in [1.29, 1.82) is 5.26 Å². The molecule has 1 atom stereocenters. The van der Waals surface area contributed by atoms with Crippen LogP contribution in [0.25, 0.3) is 21.3 Å². The topological polar surface area (TPSA) is 87.8 Å². The molecule has 2 aromatic heterocycles. The Labute approximate surface area is 171 Å². The van der Waals surface area contributed by atoms with E-state index in [0.29, 0.717) is 15.2 Å². The van der Waals surface area contributed by atoms with E-state index in [-0.39, 0.29) is 18.0 Å². The molecule has 0 fully saturated rings. The molecule has 2 heterocycles. The second-order valence-electron chi connectivity index (χ2n) is 7.03. The van der Waals surface area contributed by atoms with Crippen LogP contribution < -0.4 is 10.9 Å². The van der Waals surface area contributed by atoms with Gasteiger partial charge in [0.1, 0.15) is 16.9 Å². The highest BCUT2D eigenvalue weighted by Gasteiger charge is 2.30. The number of hydrogen-bond donors (Lipinski definition) is 1. The van der Waals surface area contributed by atoms with Crippen molar-refractivity contribution in [2.75, 3.05) is 0 Å². The van der Waals surface area contributed by atoms with Crippen LogP contribution in [0.15, 0.2) is 40.8 Å².